The number of halogens is 1. The van der Waals surface area contributed by atoms with Gasteiger partial charge in [-0.15, -0.1) is 0 Å². The van der Waals surface area contributed by atoms with Gasteiger partial charge in [0, 0.05) is 12.1 Å². The molecule has 1 aliphatic heterocycles. The summed E-state index contributed by atoms with van der Waals surface area (Å²) in [6, 6.07) is 0. The molecule has 1 heterocycles. The average molecular weight is 190 g/mol. The van der Waals surface area contributed by atoms with Crippen molar-refractivity contribution < 1.29 is 0 Å². The fourth-order valence-corrected chi connectivity index (χ4v) is 1.63. The van der Waals surface area contributed by atoms with E-state index in [1.165, 1.54) is 0 Å². The smallest absolute Gasteiger partial charge is 0.196 e. The van der Waals surface area contributed by atoms with E-state index >= 15 is 0 Å². The maximum Gasteiger partial charge on any atom is 0.196 e. The summed E-state index contributed by atoms with van der Waals surface area (Å²) < 4.78 is 0. The molecule has 1 rings (SSSR count). The molecule has 0 aromatic heterocycles. The van der Waals surface area contributed by atoms with Crippen molar-refractivity contribution in [1.82, 2.24) is 9.91 Å². The summed E-state index contributed by atoms with van der Waals surface area (Å²) in [4.78, 5) is 2.04. The number of nitrogens with zero attached hydrogens (tertiary/aromatic N) is 3. The third-order valence-corrected chi connectivity index (χ3v) is 2.33. The molecule has 0 aliphatic carbocycles. The van der Waals surface area contributed by atoms with Crippen molar-refractivity contribution in [3.63, 3.8) is 0 Å². The van der Waals surface area contributed by atoms with Gasteiger partial charge in [0.2, 0.25) is 0 Å². The molecule has 0 fully saturated rings. The Labute approximate surface area is 79.0 Å². The summed E-state index contributed by atoms with van der Waals surface area (Å²) in [5, 5.41) is 6.04. The van der Waals surface area contributed by atoms with Crippen molar-refractivity contribution in [1.29, 1.82) is 0 Å². The van der Waals surface area contributed by atoms with Crippen molar-refractivity contribution in [3.05, 3.63) is 0 Å². The maximum atomic E-state index is 6.16. The van der Waals surface area contributed by atoms with Gasteiger partial charge in [-0.05, 0) is 27.7 Å². The van der Waals surface area contributed by atoms with Crippen LogP contribution in [0.4, 0.5) is 0 Å². The molecule has 0 radical (unpaired) electrons. The Kier molecular flexibility index (Phi) is 2.52. The quantitative estimate of drug-likeness (QED) is 0.464. The predicted molar refractivity (Wildman–Crippen MR) is 52.1 cm³/mol. The number of hydrogen-bond donors (Lipinski definition) is 0. The molecule has 0 aromatic carbocycles. The van der Waals surface area contributed by atoms with Crippen LogP contribution in [-0.4, -0.2) is 34.0 Å². The molecule has 70 valence electrons. The second kappa shape index (κ2) is 3.13. The molecule has 0 saturated heterocycles. The molecule has 3 nitrogen and oxygen atoms in total. The zero-order valence-electron chi connectivity index (χ0n) is 8.08. The van der Waals surface area contributed by atoms with Crippen LogP contribution in [-0.2, 0) is 0 Å². The van der Waals surface area contributed by atoms with Gasteiger partial charge in [0.05, 0.1) is 0 Å². The van der Waals surface area contributed by atoms with Crippen LogP contribution in [0.25, 0.3) is 0 Å². The minimum absolute atomic E-state index is 0.0415. The minimum Gasteiger partial charge on any atom is -0.322 e. The zero-order chi connectivity index (χ0) is 9.35. The first-order valence-electron chi connectivity index (χ1n) is 4.20. The highest BCUT2D eigenvalue weighted by Crippen LogP contribution is 2.24. The van der Waals surface area contributed by atoms with Crippen LogP contribution in [0.15, 0.2) is 5.10 Å². The van der Waals surface area contributed by atoms with Gasteiger partial charge in [-0.1, -0.05) is 11.6 Å². The SMILES string of the molecule is CCN1N=CN(C(C)(C)C)C1Cl. The predicted octanol–water partition coefficient (Wildman–Crippen LogP) is 1.89. The van der Waals surface area contributed by atoms with Gasteiger partial charge in [-0.3, -0.25) is 5.01 Å². The second-order valence-electron chi connectivity index (χ2n) is 3.88. The van der Waals surface area contributed by atoms with E-state index < -0.39 is 0 Å². The van der Waals surface area contributed by atoms with Gasteiger partial charge in [0.15, 0.2) is 5.62 Å². The molecule has 1 atom stereocenters. The standard InChI is InChI=1S/C8H16ClN3/c1-5-12-7(9)11(6-10-12)8(2,3)4/h6-7H,5H2,1-4H3. The van der Waals surface area contributed by atoms with Crippen LogP contribution < -0.4 is 0 Å². The fourth-order valence-electron chi connectivity index (χ4n) is 1.10. The molecular formula is C8H16ClN3. The van der Waals surface area contributed by atoms with Crippen molar-refractivity contribution in [2.75, 3.05) is 6.54 Å². The Morgan fingerprint density at radius 2 is 2.08 bits per heavy atom. The molecule has 0 aromatic rings. The van der Waals surface area contributed by atoms with Crippen LogP contribution >= 0.6 is 11.6 Å². The fraction of sp³-hybridized carbons (Fsp3) is 0.875. The molecule has 1 unspecified atom stereocenters. The molecule has 0 amide bonds. The molecule has 0 N–H and O–H groups in total. The Bertz CT molecular complexity index is 185. The average Bonchev–Trinajstić information content (AvgIpc) is 2.29. The summed E-state index contributed by atoms with van der Waals surface area (Å²) in [6.07, 6.45) is 1.81. The Hall–Kier alpha value is -0.440. The van der Waals surface area contributed by atoms with Gasteiger partial charge in [0.25, 0.3) is 0 Å². The molecule has 0 saturated carbocycles. The molecular weight excluding hydrogens is 174 g/mol. The highest BCUT2D eigenvalue weighted by Gasteiger charge is 2.32. The first-order chi connectivity index (χ1) is 5.46. The van der Waals surface area contributed by atoms with Crippen molar-refractivity contribution >= 4 is 17.9 Å². The first kappa shape index (κ1) is 9.65. The van der Waals surface area contributed by atoms with Crippen molar-refractivity contribution in [2.45, 2.75) is 38.9 Å². The summed E-state index contributed by atoms with van der Waals surface area (Å²) in [5.74, 6) is 0. The van der Waals surface area contributed by atoms with Gasteiger partial charge < -0.3 is 4.90 Å². The lowest BCUT2D eigenvalue weighted by molar-refractivity contribution is 0.138. The highest BCUT2D eigenvalue weighted by molar-refractivity contribution is 6.21. The summed E-state index contributed by atoms with van der Waals surface area (Å²) in [6.45, 7) is 9.24. The van der Waals surface area contributed by atoms with Crippen LogP contribution in [0, 0.1) is 0 Å². The summed E-state index contributed by atoms with van der Waals surface area (Å²) in [5.41, 5.74) is -0.0881. The van der Waals surface area contributed by atoms with E-state index in [0.29, 0.717) is 0 Å². The number of rotatable bonds is 1. The van der Waals surface area contributed by atoms with E-state index in [-0.39, 0.29) is 11.2 Å². The lowest BCUT2D eigenvalue weighted by atomic mass is 10.1. The summed E-state index contributed by atoms with van der Waals surface area (Å²) >= 11 is 6.16. The largest absolute Gasteiger partial charge is 0.322 e. The van der Waals surface area contributed by atoms with E-state index in [1.54, 1.807) is 6.34 Å². The molecule has 0 spiro atoms. The Balaban J connectivity index is 2.68. The normalized spacial score (nSPS) is 23.9. The second-order valence-corrected chi connectivity index (χ2v) is 4.27. The molecule has 4 heteroatoms. The van der Waals surface area contributed by atoms with Crippen LogP contribution in [0.2, 0.25) is 0 Å². The van der Waals surface area contributed by atoms with Crippen LogP contribution in [0.5, 0.6) is 0 Å². The topological polar surface area (TPSA) is 18.8 Å². The molecule has 12 heavy (non-hydrogen) atoms. The van der Waals surface area contributed by atoms with Gasteiger partial charge >= 0.3 is 0 Å². The van der Waals surface area contributed by atoms with Crippen LogP contribution in [0.3, 0.4) is 0 Å². The first-order valence-corrected chi connectivity index (χ1v) is 4.63. The van der Waals surface area contributed by atoms with E-state index in [2.05, 4.69) is 25.9 Å². The maximum absolute atomic E-state index is 6.16. The van der Waals surface area contributed by atoms with E-state index in [1.807, 2.05) is 16.8 Å². The zero-order valence-corrected chi connectivity index (χ0v) is 8.84. The lowest BCUT2D eigenvalue weighted by Gasteiger charge is -2.35. The number of alkyl halides is 1. The number of hydrogen-bond acceptors (Lipinski definition) is 3. The highest BCUT2D eigenvalue weighted by atomic mass is 35.5. The van der Waals surface area contributed by atoms with Gasteiger partial charge in [-0.25, -0.2) is 0 Å². The Morgan fingerprint density at radius 1 is 1.50 bits per heavy atom. The van der Waals surface area contributed by atoms with E-state index in [4.69, 9.17) is 11.6 Å². The third kappa shape index (κ3) is 1.66. The van der Waals surface area contributed by atoms with Crippen LogP contribution in [0.1, 0.15) is 27.7 Å². The lowest BCUT2D eigenvalue weighted by Crippen LogP contribution is -2.46. The number of hydrazone groups is 1. The Morgan fingerprint density at radius 3 is 2.33 bits per heavy atom. The molecule has 0 bridgehead atoms. The van der Waals surface area contributed by atoms with E-state index in [0.717, 1.165) is 6.54 Å². The summed E-state index contributed by atoms with van der Waals surface area (Å²) in [7, 11) is 0. The minimum atomic E-state index is -0.130. The van der Waals surface area contributed by atoms with Gasteiger partial charge in [0.1, 0.15) is 6.34 Å². The van der Waals surface area contributed by atoms with Crippen molar-refractivity contribution in [2.24, 2.45) is 5.10 Å². The van der Waals surface area contributed by atoms with E-state index in [9.17, 15) is 0 Å². The third-order valence-electron chi connectivity index (χ3n) is 1.90. The van der Waals surface area contributed by atoms with Gasteiger partial charge in [-0.2, -0.15) is 5.10 Å². The monoisotopic (exact) mass is 189 g/mol. The molecule has 1 aliphatic rings. The van der Waals surface area contributed by atoms with Crippen molar-refractivity contribution in [3.8, 4) is 0 Å².